The molecule has 2 saturated heterocycles. The lowest BCUT2D eigenvalue weighted by Gasteiger charge is -2.40. The van der Waals surface area contributed by atoms with Gasteiger partial charge >= 0.3 is 0 Å². The van der Waals surface area contributed by atoms with Crippen molar-refractivity contribution in [3.05, 3.63) is 60.7 Å². The number of rotatable bonds is 10. The van der Waals surface area contributed by atoms with Gasteiger partial charge in [0.15, 0.2) is 0 Å². The highest BCUT2D eigenvalue weighted by molar-refractivity contribution is 5.85. The molecule has 0 amide bonds. The van der Waals surface area contributed by atoms with E-state index in [-0.39, 0.29) is 18.5 Å². The number of halogens is 1. The van der Waals surface area contributed by atoms with Gasteiger partial charge in [0.1, 0.15) is 30.0 Å². The zero-order valence-corrected chi connectivity index (χ0v) is 26.2. The molecule has 2 aliphatic heterocycles. The van der Waals surface area contributed by atoms with E-state index in [1.165, 1.54) is 6.33 Å². The van der Waals surface area contributed by atoms with E-state index < -0.39 is 0 Å². The molecule has 6 rings (SSSR count). The fourth-order valence-corrected chi connectivity index (χ4v) is 5.75. The third kappa shape index (κ3) is 7.78. The fraction of sp³-hybridized carbons (Fsp3) is 0.419. The van der Waals surface area contributed by atoms with Gasteiger partial charge in [-0.05, 0) is 60.0 Å². The number of anilines is 3. The predicted molar refractivity (Wildman–Crippen MR) is 171 cm³/mol. The maximum atomic E-state index is 9.60. The van der Waals surface area contributed by atoms with E-state index in [2.05, 4.69) is 58.8 Å². The van der Waals surface area contributed by atoms with Crippen LogP contribution in [0, 0.1) is 11.3 Å². The average molecular weight is 633 g/mol. The summed E-state index contributed by atoms with van der Waals surface area (Å²) in [7, 11) is 1.67. The highest BCUT2D eigenvalue weighted by Gasteiger charge is 2.26. The van der Waals surface area contributed by atoms with Crippen LogP contribution in [0.4, 0.5) is 17.3 Å². The number of nitriles is 1. The monoisotopic (exact) mass is 632 g/mol. The van der Waals surface area contributed by atoms with E-state index in [9.17, 15) is 5.26 Å². The molecule has 2 aliphatic rings. The lowest BCUT2D eigenvalue weighted by Crippen LogP contribution is -2.49. The van der Waals surface area contributed by atoms with Gasteiger partial charge in [-0.25, -0.2) is 14.6 Å². The van der Waals surface area contributed by atoms with Gasteiger partial charge in [-0.2, -0.15) is 5.26 Å². The lowest BCUT2D eigenvalue weighted by molar-refractivity contribution is 0.0115. The molecule has 0 aliphatic carbocycles. The van der Waals surface area contributed by atoms with Gasteiger partial charge in [-0.3, -0.25) is 4.90 Å². The van der Waals surface area contributed by atoms with Crippen molar-refractivity contribution in [1.82, 2.24) is 35.1 Å². The molecule has 0 bridgehead atoms. The molecular weight excluding hydrogens is 596 g/mol. The number of nitrogens with zero attached hydrogens (tertiary/aromatic N) is 9. The Hall–Kier alpha value is -4.51. The molecule has 2 aromatic carbocycles. The Labute approximate surface area is 268 Å². The normalized spacial score (nSPS) is 16.3. The smallest absolute Gasteiger partial charge is 0.227 e. The van der Waals surface area contributed by atoms with E-state index in [1.54, 1.807) is 30.3 Å². The largest absolute Gasteiger partial charge is 0.494 e. The van der Waals surface area contributed by atoms with Crippen molar-refractivity contribution in [1.29, 1.82) is 5.26 Å². The quantitative estimate of drug-likeness (QED) is 0.271. The highest BCUT2D eigenvalue weighted by atomic mass is 35.5. The first-order valence-corrected chi connectivity index (χ1v) is 14.9. The molecule has 13 nitrogen and oxygen atoms in total. The zero-order chi connectivity index (χ0) is 30.3. The Bertz CT molecular complexity index is 1570. The van der Waals surface area contributed by atoms with Gasteiger partial charge in [0.25, 0.3) is 0 Å². The summed E-state index contributed by atoms with van der Waals surface area (Å²) in [6.07, 6.45) is 7.04. The van der Waals surface area contributed by atoms with Gasteiger partial charge in [0, 0.05) is 61.9 Å². The molecular formula is C31H37ClN10O3. The standard InChI is InChI=1S/C31H36N10O3.ClH/c1-22(20-41-21-35-37-38-41)44-29-15-23(3-4-24(29)17-32)25-18-33-31(34-19-25)36-28-6-5-27(16-30(28)42-2)39-9-7-26(8-10-39)40-11-13-43-14-12-40;/h3-6,15-16,18-19,21-22,26H,7-14,20H2,1-2H3,(H,33,34,36);1H. The summed E-state index contributed by atoms with van der Waals surface area (Å²) in [4.78, 5) is 14.1. The van der Waals surface area contributed by atoms with Crippen LogP contribution >= 0.6 is 12.4 Å². The summed E-state index contributed by atoms with van der Waals surface area (Å²) in [5, 5.41) is 24.0. The number of benzene rings is 2. The highest BCUT2D eigenvalue weighted by Crippen LogP contribution is 2.33. The first-order chi connectivity index (χ1) is 21.6. The zero-order valence-electron chi connectivity index (χ0n) is 25.4. The van der Waals surface area contributed by atoms with Gasteiger partial charge in [-0.1, -0.05) is 6.07 Å². The number of aromatic nitrogens is 6. The van der Waals surface area contributed by atoms with Gasteiger partial charge in [0.05, 0.1) is 38.1 Å². The first kappa shape index (κ1) is 31.9. The van der Waals surface area contributed by atoms with Crippen molar-refractivity contribution < 1.29 is 14.2 Å². The minimum absolute atomic E-state index is 0. The van der Waals surface area contributed by atoms with Crippen LogP contribution in [-0.2, 0) is 11.3 Å². The molecule has 1 atom stereocenters. The third-order valence-corrected chi connectivity index (χ3v) is 8.07. The number of piperidine rings is 1. The Balaban J connectivity index is 0.00000400. The molecule has 1 unspecified atom stereocenters. The van der Waals surface area contributed by atoms with Crippen molar-refractivity contribution in [3.8, 4) is 28.7 Å². The Morgan fingerprint density at radius 1 is 1.02 bits per heavy atom. The molecule has 2 fully saturated rings. The minimum Gasteiger partial charge on any atom is -0.494 e. The number of morpholine rings is 1. The van der Waals surface area contributed by atoms with Crippen LogP contribution in [-0.4, -0.2) is 93.7 Å². The maximum Gasteiger partial charge on any atom is 0.227 e. The molecule has 1 N–H and O–H groups in total. The Morgan fingerprint density at radius 2 is 1.80 bits per heavy atom. The van der Waals surface area contributed by atoms with Gasteiger partial charge < -0.3 is 24.4 Å². The van der Waals surface area contributed by atoms with Crippen molar-refractivity contribution in [2.24, 2.45) is 0 Å². The molecule has 14 heteroatoms. The number of hydrogen-bond acceptors (Lipinski definition) is 12. The predicted octanol–water partition coefficient (Wildman–Crippen LogP) is 3.94. The molecule has 0 saturated carbocycles. The van der Waals surface area contributed by atoms with E-state index in [4.69, 9.17) is 14.2 Å². The van der Waals surface area contributed by atoms with E-state index in [0.29, 0.717) is 29.8 Å². The van der Waals surface area contributed by atoms with E-state index in [1.807, 2.05) is 25.1 Å². The summed E-state index contributed by atoms with van der Waals surface area (Å²) >= 11 is 0. The summed E-state index contributed by atoms with van der Waals surface area (Å²) in [6, 6.07) is 14.4. The third-order valence-electron chi connectivity index (χ3n) is 8.07. The van der Waals surface area contributed by atoms with Crippen molar-refractivity contribution >= 4 is 29.7 Å². The summed E-state index contributed by atoms with van der Waals surface area (Å²) < 4.78 is 18.9. The second-order valence-electron chi connectivity index (χ2n) is 11.0. The summed E-state index contributed by atoms with van der Waals surface area (Å²) in [6.45, 7) is 8.13. The Kier molecular flexibility index (Phi) is 10.6. The van der Waals surface area contributed by atoms with Crippen molar-refractivity contribution in [2.75, 3.05) is 56.7 Å². The number of methoxy groups -OCH3 is 1. The van der Waals surface area contributed by atoms with Crippen LogP contribution in [0.2, 0.25) is 0 Å². The van der Waals surface area contributed by atoms with Crippen molar-refractivity contribution in [3.63, 3.8) is 0 Å². The second kappa shape index (κ2) is 15.0. The van der Waals surface area contributed by atoms with Gasteiger partial charge in [0.2, 0.25) is 5.95 Å². The van der Waals surface area contributed by atoms with Crippen LogP contribution < -0.4 is 19.7 Å². The van der Waals surface area contributed by atoms with E-state index in [0.717, 1.165) is 80.5 Å². The van der Waals surface area contributed by atoms with Crippen molar-refractivity contribution in [2.45, 2.75) is 38.5 Å². The molecule has 2 aromatic heterocycles. The maximum absolute atomic E-state index is 9.60. The Morgan fingerprint density at radius 3 is 2.49 bits per heavy atom. The summed E-state index contributed by atoms with van der Waals surface area (Å²) in [5.74, 6) is 1.66. The molecule has 45 heavy (non-hydrogen) atoms. The molecule has 4 aromatic rings. The fourth-order valence-electron chi connectivity index (χ4n) is 5.75. The van der Waals surface area contributed by atoms with Crippen LogP contribution in [0.5, 0.6) is 11.5 Å². The topological polar surface area (TPSA) is 139 Å². The number of tetrazole rings is 1. The first-order valence-electron chi connectivity index (χ1n) is 14.9. The van der Waals surface area contributed by atoms with Crippen LogP contribution in [0.25, 0.3) is 11.1 Å². The number of ether oxygens (including phenoxy) is 3. The molecule has 236 valence electrons. The molecule has 0 spiro atoms. The minimum atomic E-state index is -0.257. The number of hydrogen-bond donors (Lipinski definition) is 1. The van der Waals surface area contributed by atoms with E-state index >= 15 is 0 Å². The van der Waals surface area contributed by atoms with Crippen LogP contribution in [0.15, 0.2) is 55.1 Å². The summed E-state index contributed by atoms with van der Waals surface area (Å²) in [5.41, 5.74) is 4.00. The van der Waals surface area contributed by atoms with Crippen LogP contribution in [0.3, 0.4) is 0 Å². The molecule has 0 radical (unpaired) electrons. The SMILES string of the molecule is COc1cc(N2CCC(N3CCOCC3)CC2)ccc1Nc1ncc(-c2ccc(C#N)c(OC(C)Cn3cnnn3)c2)cn1.Cl. The lowest BCUT2D eigenvalue weighted by atomic mass is 10.0. The average Bonchev–Trinajstić information content (AvgIpc) is 3.58. The van der Waals surface area contributed by atoms with Crippen LogP contribution in [0.1, 0.15) is 25.3 Å². The second-order valence-corrected chi connectivity index (χ2v) is 11.0. The van der Waals surface area contributed by atoms with Gasteiger partial charge in [-0.15, -0.1) is 17.5 Å². The number of nitrogens with one attached hydrogen (secondary N) is 1. The molecule has 4 heterocycles.